The Kier molecular flexibility index (Phi) is 4.51. The SMILES string of the molecule is O=C(Nc1ccc(Br)cc1F)c1ccc(F)cc1I. The van der Waals surface area contributed by atoms with Gasteiger partial charge in [0, 0.05) is 8.04 Å². The lowest BCUT2D eigenvalue weighted by Gasteiger charge is -2.08. The molecule has 0 bridgehead atoms. The first kappa shape index (κ1) is 14.4. The van der Waals surface area contributed by atoms with Gasteiger partial charge in [-0.05, 0) is 59.0 Å². The van der Waals surface area contributed by atoms with Gasteiger partial charge in [0.25, 0.3) is 5.91 Å². The van der Waals surface area contributed by atoms with E-state index in [4.69, 9.17) is 0 Å². The lowest BCUT2D eigenvalue weighted by Crippen LogP contribution is -2.14. The molecule has 0 radical (unpaired) electrons. The monoisotopic (exact) mass is 437 g/mol. The zero-order valence-corrected chi connectivity index (χ0v) is 13.1. The zero-order chi connectivity index (χ0) is 14.0. The van der Waals surface area contributed by atoms with E-state index in [2.05, 4.69) is 21.2 Å². The van der Waals surface area contributed by atoms with Crippen molar-refractivity contribution in [2.45, 2.75) is 0 Å². The smallest absolute Gasteiger partial charge is 0.256 e. The molecular weight excluding hydrogens is 431 g/mol. The van der Waals surface area contributed by atoms with Crippen molar-refractivity contribution in [3.8, 4) is 0 Å². The molecule has 0 aliphatic rings. The Morgan fingerprint density at radius 3 is 2.53 bits per heavy atom. The molecule has 0 saturated carbocycles. The summed E-state index contributed by atoms with van der Waals surface area (Å²) in [6.45, 7) is 0. The van der Waals surface area contributed by atoms with E-state index < -0.39 is 17.5 Å². The van der Waals surface area contributed by atoms with Crippen LogP contribution in [-0.4, -0.2) is 5.91 Å². The van der Waals surface area contributed by atoms with Gasteiger partial charge in [-0.2, -0.15) is 0 Å². The van der Waals surface area contributed by atoms with Crippen molar-refractivity contribution in [2.24, 2.45) is 0 Å². The van der Waals surface area contributed by atoms with Crippen molar-refractivity contribution < 1.29 is 13.6 Å². The van der Waals surface area contributed by atoms with E-state index in [1.807, 2.05) is 22.6 Å². The predicted octanol–water partition coefficient (Wildman–Crippen LogP) is 4.58. The first-order chi connectivity index (χ1) is 8.97. The molecule has 0 aromatic heterocycles. The van der Waals surface area contributed by atoms with E-state index in [1.54, 1.807) is 6.07 Å². The van der Waals surface area contributed by atoms with Gasteiger partial charge in [-0.1, -0.05) is 15.9 Å². The van der Waals surface area contributed by atoms with Crippen LogP contribution in [0.15, 0.2) is 40.9 Å². The minimum atomic E-state index is -0.542. The summed E-state index contributed by atoms with van der Waals surface area (Å²) in [6, 6.07) is 8.12. The van der Waals surface area contributed by atoms with Crippen LogP contribution in [0.3, 0.4) is 0 Å². The maximum absolute atomic E-state index is 13.6. The van der Waals surface area contributed by atoms with Crippen LogP contribution in [0.4, 0.5) is 14.5 Å². The molecule has 0 fully saturated rings. The summed E-state index contributed by atoms with van der Waals surface area (Å²) in [7, 11) is 0. The fourth-order valence-corrected chi connectivity index (χ4v) is 2.51. The molecule has 0 unspecified atom stereocenters. The van der Waals surface area contributed by atoms with Crippen LogP contribution in [0.2, 0.25) is 0 Å². The minimum Gasteiger partial charge on any atom is -0.319 e. The highest BCUT2D eigenvalue weighted by Gasteiger charge is 2.13. The average molecular weight is 438 g/mol. The highest BCUT2D eigenvalue weighted by Crippen LogP contribution is 2.21. The summed E-state index contributed by atoms with van der Waals surface area (Å²) in [5.74, 6) is -1.44. The molecule has 19 heavy (non-hydrogen) atoms. The molecule has 6 heteroatoms. The third-order valence-corrected chi connectivity index (χ3v) is 3.74. The average Bonchev–Trinajstić information content (AvgIpc) is 2.32. The highest BCUT2D eigenvalue weighted by molar-refractivity contribution is 14.1. The van der Waals surface area contributed by atoms with Crippen LogP contribution in [-0.2, 0) is 0 Å². The Bertz CT molecular complexity index is 649. The lowest BCUT2D eigenvalue weighted by atomic mass is 10.2. The van der Waals surface area contributed by atoms with Gasteiger partial charge in [-0.3, -0.25) is 4.79 Å². The Labute approximate surface area is 130 Å². The molecule has 2 nitrogen and oxygen atoms in total. The highest BCUT2D eigenvalue weighted by atomic mass is 127. The van der Waals surface area contributed by atoms with Crippen molar-refractivity contribution in [1.82, 2.24) is 0 Å². The van der Waals surface area contributed by atoms with E-state index in [0.717, 1.165) is 0 Å². The van der Waals surface area contributed by atoms with Crippen LogP contribution >= 0.6 is 38.5 Å². The van der Waals surface area contributed by atoms with E-state index in [-0.39, 0.29) is 5.69 Å². The van der Waals surface area contributed by atoms with Gasteiger partial charge in [-0.25, -0.2) is 8.78 Å². The summed E-state index contributed by atoms with van der Waals surface area (Å²) < 4.78 is 27.6. The van der Waals surface area contributed by atoms with Gasteiger partial charge in [0.1, 0.15) is 11.6 Å². The van der Waals surface area contributed by atoms with Gasteiger partial charge >= 0.3 is 0 Å². The fraction of sp³-hybridized carbons (Fsp3) is 0. The van der Waals surface area contributed by atoms with Crippen LogP contribution < -0.4 is 5.32 Å². The van der Waals surface area contributed by atoms with Crippen molar-refractivity contribution >= 4 is 50.1 Å². The number of nitrogens with one attached hydrogen (secondary N) is 1. The Morgan fingerprint density at radius 2 is 1.89 bits per heavy atom. The van der Waals surface area contributed by atoms with Crippen LogP contribution in [0, 0.1) is 15.2 Å². The summed E-state index contributed by atoms with van der Waals surface area (Å²) in [4.78, 5) is 12.0. The second-order valence-electron chi connectivity index (χ2n) is 3.70. The van der Waals surface area contributed by atoms with Crippen LogP contribution in [0.5, 0.6) is 0 Å². The summed E-state index contributed by atoms with van der Waals surface area (Å²) in [5, 5.41) is 2.45. The number of hydrogen-bond acceptors (Lipinski definition) is 1. The number of anilines is 1. The molecular formula is C13H7BrF2INO. The van der Waals surface area contributed by atoms with Crippen LogP contribution in [0.1, 0.15) is 10.4 Å². The quantitative estimate of drug-likeness (QED) is 0.684. The standard InChI is InChI=1S/C13H7BrF2INO/c14-7-1-4-12(10(16)5-7)18-13(19)9-3-2-8(15)6-11(9)17/h1-6H,(H,18,19). The number of benzene rings is 2. The van der Waals surface area contributed by atoms with Crippen molar-refractivity contribution in [3.05, 3.63) is 61.6 Å². The van der Waals surface area contributed by atoms with Crippen molar-refractivity contribution in [3.63, 3.8) is 0 Å². The number of amides is 1. The zero-order valence-electron chi connectivity index (χ0n) is 9.38. The van der Waals surface area contributed by atoms with Gasteiger partial charge in [0.15, 0.2) is 0 Å². The normalized spacial score (nSPS) is 10.3. The molecule has 1 amide bonds. The second kappa shape index (κ2) is 5.96. The van der Waals surface area contributed by atoms with E-state index in [0.29, 0.717) is 13.6 Å². The number of hydrogen-bond donors (Lipinski definition) is 1. The molecule has 0 atom stereocenters. The Balaban J connectivity index is 2.25. The summed E-state index contributed by atoms with van der Waals surface area (Å²) in [6.07, 6.45) is 0. The molecule has 0 aliphatic carbocycles. The third kappa shape index (κ3) is 3.50. The number of carbonyl (C=O) groups is 1. The molecule has 0 spiro atoms. The number of halogens is 4. The second-order valence-corrected chi connectivity index (χ2v) is 5.78. The largest absolute Gasteiger partial charge is 0.319 e. The topological polar surface area (TPSA) is 29.1 Å². The molecule has 0 aliphatic heterocycles. The van der Waals surface area contributed by atoms with Crippen molar-refractivity contribution in [1.29, 1.82) is 0 Å². The van der Waals surface area contributed by atoms with Crippen LogP contribution in [0.25, 0.3) is 0 Å². The van der Waals surface area contributed by atoms with Gasteiger partial charge in [0.2, 0.25) is 0 Å². The number of carbonyl (C=O) groups excluding carboxylic acids is 1. The lowest BCUT2D eigenvalue weighted by molar-refractivity contribution is 0.102. The molecule has 98 valence electrons. The Morgan fingerprint density at radius 1 is 1.16 bits per heavy atom. The van der Waals surface area contributed by atoms with E-state index >= 15 is 0 Å². The molecule has 0 saturated heterocycles. The molecule has 0 heterocycles. The van der Waals surface area contributed by atoms with Gasteiger partial charge in [0.05, 0.1) is 11.3 Å². The molecule has 2 rings (SSSR count). The molecule has 1 N–H and O–H groups in total. The van der Waals surface area contributed by atoms with Gasteiger partial charge in [-0.15, -0.1) is 0 Å². The van der Waals surface area contributed by atoms with Gasteiger partial charge < -0.3 is 5.32 Å². The molecule has 2 aromatic rings. The first-order valence-electron chi connectivity index (χ1n) is 5.19. The molecule has 2 aromatic carbocycles. The first-order valence-corrected chi connectivity index (χ1v) is 7.06. The van der Waals surface area contributed by atoms with E-state index in [9.17, 15) is 13.6 Å². The maximum Gasteiger partial charge on any atom is 0.256 e. The van der Waals surface area contributed by atoms with E-state index in [1.165, 1.54) is 30.3 Å². The predicted molar refractivity (Wildman–Crippen MR) is 81.2 cm³/mol. The maximum atomic E-state index is 13.6. The third-order valence-electron chi connectivity index (χ3n) is 2.36. The van der Waals surface area contributed by atoms with Crippen molar-refractivity contribution in [2.75, 3.05) is 5.32 Å². The summed E-state index contributed by atoms with van der Waals surface area (Å²) >= 11 is 4.99. The fourth-order valence-electron chi connectivity index (χ4n) is 1.45. The number of rotatable bonds is 2. The minimum absolute atomic E-state index is 0.0772. The Hall–Kier alpha value is -1.02. The summed E-state index contributed by atoms with van der Waals surface area (Å²) in [5.41, 5.74) is 0.373.